The summed E-state index contributed by atoms with van der Waals surface area (Å²) in [5.74, 6) is -2.31. The van der Waals surface area contributed by atoms with Gasteiger partial charge in [0.1, 0.15) is 12.6 Å². The first-order valence-corrected chi connectivity index (χ1v) is 8.01. The molecule has 0 aliphatic heterocycles. The number of aliphatic carboxylic acids is 1. The van der Waals surface area contributed by atoms with Gasteiger partial charge in [-0.3, -0.25) is 24.0 Å². The van der Waals surface area contributed by atoms with Crippen molar-refractivity contribution in [3.63, 3.8) is 0 Å². The van der Waals surface area contributed by atoms with E-state index >= 15 is 0 Å². The molecule has 0 aromatic rings. The van der Waals surface area contributed by atoms with Gasteiger partial charge in [-0.2, -0.15) is 11.8 Å². The third kappa shape index (κ3) is 11.0. The van der Waals surface area contributed by atoms with E-state index in [9.17, 15) is 24.0 Å². The fourth-order valence-electron chi connectivity index (χ4n) is 1.38. The van der Waals surface area contributed by atoms with Gasteiger partial charge in [-0.1, -0.05) is 0 Å². The normalized spacial score (nSPS) is 11.0. The molecule has 0 saturated carbocycles. The topological polar surface area (TPSA) is 154 Å². The summed E-state index contributed by atoms with van der Waals surface area (Å²) in [6.45, 7) is -1.30. The number of carboxylic acid groups (broad SMARTS) is 1. The van der Waals surface area contributed by atoms with E-state index in [1.165, 1.54) is 11.8 Å². The van der Waals surface area contributed by atoms with E-state index in [1.54, 1.807) is 0 Å². The molecule has 0 aliphatic carbocycles. The lowest BCUT2D eigenvalue weighted by atomic mass is 10.2. The molecule has 0 radical (unpaired) electrons. The second kappa shape index (κ2) is 12.3. The summed E-state index contributed by atoms with van der Waals surface area (Å²) in [7, 11) is 0. The summed E-state index contributed by atoms with van der Waals surface area (Å²) in [6, 6.07) is -0.730. The number of thioether (sulfide) groups is 1. The average molecular weight is 348 g/mol. The number of hydrogen-bond donors (Lipinski definition) is 5. The number of hydrogen-bond acceptors (Lipinski definition) is 6. The van der Waals surface area contributed by atoms with Crippen molar-refractivity contribution in [2.45, 2.75) is 12.5 Å². The smallest absolute Gasteiger partial charge is 0.322 e. The van der Waals surface area contributed by atoms with Gasteiger partial charge in [0.15, 0.2) is 0 Å². The molecule has 4 amide bonds. The molecule has 1 unspecified atom stereocenters. The van der Waals surface area contributed by atoms with Crippen molar-refractivity contribution in [1.29, 1.82) is 0 Å². The Bertz CT molecular complexity index is 445. The molecule has 0 rings (SSSR count). The Labute approximate surface area is 137 Å². The Kier molecular flexibility index (Phi) is 11.0. The zero-order valence-electron chi connectivity index (χ0n) is 12.6. The van der Waals surface area contributed by atoms with Crippen LogP contribution >= 0.6 is 11.8 Å². The van der Waals surface area contributed by atoms with Crippen molar-refractivity contribution in [1.82, 2.24) is 21.3 Å². The van der Waals surface area contributed by atoms with E-state index in [4.69, 9.17) is 5.11 Å². The molecule has 0 bridgehead atoms. The minimum atomic E-state index is -1.20. The van der Waals surface area contributed by atoms with Crippen molar-refractivity contribution < 1.29 is 29.1 Å². The van der Waals surface area contributed by atoms with Crippen LogP contribution in [0.5, 0.6) is 0 Å². The molecule has 0 aromatic heterocycles. The standard InChI is InChI=1S/C12H20N4O6S/c1-23-3-2-8(16-7-17)12(22)15-5-10(19)13-4-9(18)14-6-11(20)21/h7-8H,2-6H2,1H3,(H,13,19)(H,14,18)(H,15,22)(H,16,17)(H,20,21). The van der Waals surface area contributed by atoms with E-state index in [0.717, 1.165) is 0 Å². The molecule has 0 aromatic carbocycles. The van der Waals surface area contributed by atoms with Crippen LogP contribution in [0.2, 0.25) is 0 Å². The fourth-order valence-corrected chi connectivity index (χ4v) is 1.85. The highest BCUT2D eigenvalue weighted by molar-refractivity contribution is 7.98. The molecule has 130 valence electrons. The molecule has 10 nitrogen and oxygen atoms in total. The lowest BCUT2D eigenvalue weighted by Gasteiger charge is -2.15. The number of rotatable bonds is 12. The lowest BCUT2D eigenvalue weighted by Crippen LogP contribution is -2.48. The molecule has 11 heteroatoms. The molecule has 0 aliphatic rings. The monoisotopic (exact) mass is 348 g/mol. The zero-order chi connectivity index (χ0) is 17.7. The summed E-state index contributed by atoms with van der Waals surface area (Å²) in [5.41, 5.74) is 0. The fraction of sp³-hybridized carbons (Fsp3) is 0.583. The first-order valence-electron chi connectivity index (χ1n) is 6.62. The van der Waals surface area contributed by atoms with Crippen molar-refractivity contribution >= 4 is 41.9 Å². The Morgan fingerprint density at radius 1 is 1.04 bits per heavy atom. The van der Waals surface area contributed by atoms with Crippen LogP contribution in [0, 0.1) is 0 Å². The van der Waals surface area contributed by atoms with Crippen molar-refractivity contribution in [3.8, 4) is 0 Å². The highest BCUT2D eigenvalue weighted by atomic mass is 32.2. The van der Waals surface area contributed by atoms with Crippen LogP contribution in [-0.2, 0) is 24.0 Å². The predicted molar refractivity (Wildman–Crippen MR) is 82.7 cm³/mol. The van der Waals surface area contributed by atoms with Crippen LogP contribution in [-0.4, -0.2) is 72.9 Å². The molecule has 1 atom stereocenters. The van der Waals surface area contributed by atoms with Crippen LogP contribution in [0.25, 0.3) is 0 Å². The summed E-state index contributed by atoms with van der Waals surface area (Å²) in [4.78, 5) is 55.1. The minimum absolute atomic E-state index is 0.360. The van der Waals surface area contributed by atoms with Gasteiger partial charge in [0.05, 0.1) is 13.1 Å². The van der Waals surface area contributed by atoms with E-state index < -0.39 is 42.8 Å². The van der Waals surface area contributed by atoms with E-state index in [0.29, 0.717) is 18.6 Å². The molecular formula is C12H20N4O6S. The number of carboxylic acids is 1. The summed E-state index contributed by atoms with van der Waals surface area (Å²) in [6.07, 6.45) is 2.70. The quantitative estimate of drug-likeness (QED) is 0.240. The number of carbonyl (C=O) groups is 5. The first kappa shape index (κ1) is 20.7. The SMILES string of the molecule is CSCCC(NC=O)C(=O)NCC(=O)NCC(=O)NCC(=O)O. The van der Waals surface area contributed by atoms with Gasteiger partial charge in [0, 0.05) is 0 Å². The average Bonchev–Trinajstić information content (AvgIpc) is 2.52. The van der Waals surface area contributed by atoms with Gasteiger partial charge in [0.25, 0.3) is 0 Å². The van der Waals surface area contributed by atoms with Crippen LogP contribution in [0.1, 0.15) is 6.42 Å². The van der Waals surface area contributed by atoms with Crippen molar-refractivity contribution in [3.05, 3.63) is 0 Å². The first-order chi connectivity index (χ1) is 10.9. The zero-order valence-corrected chi connectivity index (χ0v) is 13.4. The molecule has 23 heavy (non-hydrogen) atoms. The number of amides is 4. The Morgan fingerprint density at radius 3 is 2.13 bits per heavy atom. The summed E-state index contributed by atoms with van der Waals surface area (Å²) < 4.78 is 0. The van der Waals surface area contributed by atoms with Crippen LogP contribution in [0.3, 0.4) is 0 Å². The van der Waals surface area contributed by atoms with Gasteiger partial charge in [-0.15, -0.1) is 0 Å². The maximum Gasteiger partial charge on any atom is 0.322 e. The largest absolute Gasteiger partial charge is 0.480 e. The van der Waals surface area contributed by atoms with Gasteiger partial charge in [-0.05, 0) is 18.4 Å². The number of carbonyl (C=O) groups excluding carboxylic acids is 4. The van der Waals surface area contributed by atoms with E-state index in [1.807, 2.05) is 6.26 Å². The molecule has 0 saturated heterocycles. The Hall–Kier alpha value is -2.30. The van der Waals surface area contributed by atoms with Crippen molar-refractivity contribution in [2.24, 2.45) is 0 Å². The third-order valence-electron chi connectivity index (χ3n) is 2.50. The van der Waals surface area contributed by atoms with E-state index in [2.05, 4.69) is 21.3 Å². The highest BCUT2D eigenvalue weighted by Gasteiger charge is 2.17. The second-order valence-corrected chi connectivity index (χ2v) is 5.27. The van der Waals surface area contributed by atoms with Crippen molar-refractivity contribution in [2.75, 3.05) is 31.6 Å². The Morgan fingerprint density at radius 2 is 1.61 bits per heavy atom. The lowest BCUT2D eigenvalue weighted by molar-refractivity contribution is -0.137. The van der Waals surface area contributed by atoms with Crippen LogP contribution in [0.15, 0.2) is 0 Å². The minimum Gasteiger partial charge on any atom is -0.480 e. The molecule has 0 heterocycles. The molecule has 5 N–H and O–H groups in total. The van der Waals surface area contributed by atoms with Gasteiger partial charge in [0.2, 0.25) is 24.1 Å². The summed E-state index contributed by atoms with van der Waals surface area (Å²) >= 11 is 1.51. The van der Waals surface area contributed by atoms with Crippen LogP contribution in [0.4, 0.5) is 0 Å². The highest BCUT2D eigenvalue weighted by Crippen LogP contribution is 2.00. The van der Waals surface area contributed by atoms with E-state index in [-0.39, 0.29) is 6.54 Å². The Balaban J connectivity index is 4.05. The van der Waals surface area contributed by atoms with Gasteiger partial charge in [-0.25, -0.2) is 0 Å². The van der Waals surface area contributed by atoms with Crippen LogP contribution < -0.4 is 21.3 Å². The molecular weight excluding hydrogens is 328 g/mol. The molecule has 0 spiro atoms. The third-order valence-corrected chi connectivity index (χ3v) is 3.15. The number of nitrogens with one attached hydrogen (secondary N) is 4. The maximum absolute atomic E-state index is 11.8. The second-order valence-electron chi connectivity index (χ2n) is 4.28. The van der Waals surface area contributed by atoms with Gasteiger partial charge < -0.3 is 26.4 Å². The maximum atomic E-state index is 11.8. The summed E-state index contributed by atoms with van der Waals surface area (Å²) in [5, 5.41) is 17.4. The molecule has 0 fully saturated rings. The van der Waals surface area contributed by atoms with Gasteiger partial charge >= 0.3 is 5.97 Å². The predicted octanol–water partition coefficient (Wildman–Crippen LogP) is -2.71.